The number of anilines is 1. The Hall–Kier alpha value is -2.78. The average molecular weight is 340 g/mol. The molecule has 1 amide bonds. The fourth-order valence-electron chi connectivity index (χ4n) is 1.86. The van der Waals surface area contributed by atoms with E-state index in [2.05, 4.69) is 18.5 Å². The van der Waals surface area contributed by atoms with Crippen LogP contribution in [0.4, 0.5) is 5.69 Å². The summed E-state index contributed by atoms with van der Waals surface area (Å²) in [5.74, 6) is 0.851. The molecule has 0 bridgehead atoms. The number of carbonyl (C=O) groups is 1. The Balaban J connectivity index is 2.04. The number of hydrogen-bond donors (Lipinski definition) is 1. The third-order valence-corrected chi connectivity index (χ3v) is 3.25. The molecule has 0 atom stereocenters. The van der Waals surface area contributed by atoms with Gasteiger partial charge in [0, 0.05) is 22.3 Å². The van der Waals surface area contributed by atoms with Crippen LogP contribution in [0.5, 0.6) is 5.75 Å². The van der Waals surface area contributed by atoms with E-state index >= 15 is 0 Å². The van der Waals surface area contributed by atoms with Crippen molar-refractivity contribution in [3.05, 3.63) is 95.8 Å². The zero-order valence-corrected chi connectivity index (χ0v) is 14.1. The fourth-order valence-corrected chi connectivity index (χ4v) is 1.99. The molecule has 0 aromatic heterocycles. The quantitative estimate of drug-likeness (QED) is 0.548. The predicted molar refractivity (Wildman–Crippen MR) is 99.6 cm³/mol. The van der Waals surface area contributed by atoms with Crippen molar-refractivity contribution in [2.24, 2.45) is 0 Å². The number of rotatable bonds is 6. The summed E-state index contributed by atoms with van der Waals surface area (Å²) in [6, 6.07) is 13.8. The van der Waals surface area contributed by atoms with Crippen LogP contribution in [0.15, 0.2) is 85.2 Å². The first-order valence-electron chi connectivity index (χ1n) is 7.31. The van der Waals surface area contributed by atoms with E-state index in [0.29, 0.717) is 27.8 Å². The van der Waals surface area contributed by atoms with Crippen molar-refractivity contribution in [3.8, 4) is 5.75 Å². The highest BCUT2D eigenvalue weighted by molar-refractivity contribution is 6.30. The lowest BCUT2D eigenvalue weighted by Crippen LogP contribution is -2.11. The molecular formula is C20H18ClNO2. The summed E-state index contributed by atoms with van der Waals surface area (Å²) in [4.78, 5) is 12.2. The molecule has 0 aliphatic rings. The lowest BCUT2D eigenvalue weighted by molar-refractivity contribution is 0.102. The van der Waals surface area contributed by atoms with Gasteiger partial charge in [-0.1, -0.05) is 42.5 Å². The Morgan fingerprint density at radius 1 is 1.12 bits per heavy atom. The molecule has 2 aromatic rings. The van der Waals surface area contributed by atoms with Gasteiger partial charge in [0.2, 0.25) is 0 Å². The highest BCUT2D eigenvalue weighted by atomic mass is 35.5. The molecule has 3 nitrogen and oxygen atoms in total. The lowest BCUT2D eigenvalue weighted by Gasteiger charge is -2.09. The van der Waals surface area contributed by atoms with E-state index in [0.717, 1.165) is 5.57 Å². The number of amides is 1. The van der Waals surface area contributed by atoms with Crippen molar-refractivity contribution in [2.75, 3.05) is 5.32 Å². The third kappa shape index (κ3) is 5.45. The van der Waals surface area contributed by atoms with Gasteiger partial charge in [0.05, 0.1) is 0 Å². The minimum absolute atomic E-state index is 0.218. The normalized spacial score (nSPS) is 10.4. The van der Waals surface area contributed by atoms with Gasteiger partial charge in [-0.05, 0) is 49.4 Å². The number of halogens is 1. The number of benzene rings is 2. The Labute approximate surface area is 146 Å². The maximum atomic E-state index is 12.2. The first-order chi connectivity index (χ1) is 11.4. The van der Waals surface area contributed by atoms with E-state index in [-0.39, 0.29) is 5.91 Å². The summed E-state index contributed by atoms with van der Waals surface area (Å²) in [6.07, 6.45) is 3.55. The van der Waals surface area contributed by atoms with Gasteiger partial charge in [-0.3, -0.25) is 4.79 Å². The molecule has 0 aliphatic heterocycles. The third-order valence-electron chi connectivity index (χ3n) is 3.00. The second-order valence-electron chi connectivity index (χ2n) is 5.24. The van der Waals surface area contributed by atoms with Crippen LogP contribution in [0.3, 0.4) is 0 Å². The molecule has 0 radical (unpaired) electrons. The van der Waals surface area contributed by atoms with Gasteiger partial charge >= 0.3 is 0 Å². The summed E-state index contributed by atoms with van der Waals surface area (Å²) < 4.78 is 5.62. The maximum Gasteiger partial charge on any atom is 0.255 e. The zero-order valence-electron chi connectivity index (χ0n) is 13.4. The van der Waals surface area contributed by atoms with Crippen LogP contribution >= 0.6 is 11.6 Å². The lowest BCUT2D eigenvalue weighted by atomic mass is 10.2. The van der Waals surface area contributed by atoms with Gasteiger partial charge in [-0.15, -0.1) is 0 Å². The summed E-state index contributed by atoms with van der Waals surface area (Å²) >= 11 is 5.82. The molecular weight excluding hydrogens is 322 g/mol. The van der Waals surface area contributed by atoms with Crippen molar-refractivity contribution in [2.45, 2.75) is 6.92 Å². The van der Waals surface area contributed by atoms with E-state index in [1.54, 1.807) is 54.6 Å². The fraction of sp³-hybridized carbons (Fsp3) is 0.0500. The number of allylic oxidation sites excluding steroid dienone is 3. The topological polar surface area (TPSA) is 38.3 Å². The second kappa shape index (κ2) is 8.18. The monoisotopic (exact) mass is 339 g/mol. The first kappa shape index (κ1) is 17.6. The summed E-state index contributed by atoms with van der Waals surface area (Å²) in [6.45, 7) is 9.48. The molecule has 0 saturated heterocycles. The minimum Gasteiger partial charge on any atom is -0.458 e. The molecule has 0 fully saturated rings. The van der Waals surface area contributed by atoms with Gasteiger partial charge in [0.15, 0.2) is 0 Å². The highest BCUT2D eigenvalue weighted by Crippen LogP contribution is 2.20. The number of ether oxygens (including phenoxy) is 1. The molecule has 0 saturated carbocycles. The van der Waals surface area contributed by atoms with Gasteiger partial charge < -0.3 is 10.1 Å². The minimum atomic E-state index is -0.218. The molecule has 0 spiro atoms. The Morgan fingerprint density at radius 2 is 1.83 bits per heavy atom. The van der Waals surface area contributed by atoms with Gasteiger partial charge in [0.25, 0.3) is 5.91 Å². The molecule has 122 valence electrons. The molecule has 24 heavy (non-hydrogen) atoms. The van der Waals surface area contributed by atoms with Crippen molar-refractivity contribution >= 4 is 23.2 Å². The number of carbonyl (C=O) groups excluding carboxylic acids is 1. The van der Waals surface area contributed by atoms with Crippen LogP contribution in [-0.4, -0.2) is 5.91 Å². The van der Waals surface area contributed by atoms with Crippen molar-refractivity contribution in [1.29, 1.82) is 0 Å². The van der Waals surface area contributed by atoms with Crippen molar-refractivity contribution in [3.63, 3.8) is 0 Å². The summed E-state index contributed by atoms with van der Waals surface area (Å²) in [5, 5.41) is 3.40. The van der Waals surface area contributed by atoms with Crippen LogP contribution in [0.1, 0.15) is 17.3 Å². The number of nitrogens with one attached hydrogen (secondary N) is 1. The molecule has 1 N–H and O–H groups in total. The first-order valence-corrected chi connectivity index (χ1v) is 7.69. The van der Waals surface area contributed by atoms with E-state index in [9.17, 15) is 4.79 Å². The van der Waals surface area contributed by atoms with Crippen molar-refractivity contribution < 1.29 is 9.53 Å². The zero-order chi connectivity index (χ0) is 17.5. The van der Waals surface area contributed by atoms with Gasteiger partial charge in [-0.25, -0.2) is 0 Å². The van der Waals surface area contributed by atoms with Crippen LogP contribution < -0.4 is 10.1 Å². The Morgan fingerprint density at radius 3 is 2.50 bits per heavy atom. The smallest absolute Gasteiger partial charge is 0.255 e. The Kier molecular flexibility index (Phi) is 5.99. The Bertz CT molecular complexity index is 792. The molecule has 2 rings (SSSR count). The highest BCUT2D eigenvalue weighted by Gasteiger charge is 2.06. The molecule has 0 aliphatic carbocycles. The summed E-state index contributed by atoms with van der Waals surface area (Å²) in [5.41, 5.74) is 2.06. The van der Waals surface area contributed by atoms with E-state index in [1.807, 2.05) is 13.0 Å². The van der Waals surface area contributed by atoms with Gasteiger partial charge in [-0.2, -0.15) is 0 Å². The molecule has 2 aromatic carbocycles. The number of hydrogen-bond acceptors (Lipinski definition) is 2. The SMILES string of the molecule is C=C(C)/C=C\C(=C)Oc1cccc(NC(=O)c2ccc(Cl)cc2)c1. The maximum absolute atomic E-state index is 12.2. The van der Waals surface area contributed by atoms with Crippen LogP contribution in [0.2, 0.25) is 5.02 Å². The van der Waals surface area contributed by atoms with E-state index < -0.39 is 0 Å². The molecule has 0 unspecified atom stereocenters. The largest absolute Gasteiger partial charge is 0.458 e. The van der Waals surface area contributed by atoms with Crippen LogP contribution in [0, 0.1) is 0 Å². The second-order valence-corrected chi connectivity index (χ2v) is 5.67. The van der Waals surface area contributed by atoms with Crippen LogP contribution in [0.25, 0.3) is 0 Å². The summed E-state index contributed by atoms with van der Waals surface area (Å²) in [7, 11) is 0. The van der Waals surface area contributed by atoms with Crippen molar-refractivity contribution in [1.82, 2.24) is 0 Å². The average Bonchev–Trinajstić information content (AvgIpc) is 2.54. The standard InChI is InChI=1S/C20H18ClNO2/c1-14(2)7-8-15(3)24-19-6-4-5-18(13-19)22-20(23)16-9-11-17(21)12-10-16/h4-13H,1,3H2,2H3,(H,22,23)/b8-7-. The van der Waals surface area contributed by atoms with Gasteiger partial charge in [0.1, 0.15) is 11.5 Å². The molecule has 4 heteroatoms. The van der Waals surface area contributed by atoms with E-state index in [4.69, 9.17) is 16.3 Å². The molecule has 0 heterocycles. The van der Waals surface area contributed by atoms with Crippen LogP contribution in [-0.2, 0) is 0 Å². The van der Waals surface area contributed by atoms with E-state index in [1.165, 1.54) is 0 Å². The predicted octanol–water partition coefficient (Wildman–Crippen LogP) is 5.62.